The lowest BCUT2D eigenvalue weighted by Gasteiger charge is -2.26. The van der Waals surface area contributed by atoms with Gasteiger partial charge in [0.15, 0.2) is 10.8 Å². The van der Waals surface area contributed by atoms with Gasteiger partial charge in [-0.05, 0) is 19.1 Å². The molecule has 0 spiro atoms. The largest absolute Gasteiger partial charge is 0.418 e. The molecule has 1 unspecified atom stereocenters. The van der Waals surface area contributed by atoms with Gasteiger partial charge in [-0.25, -0.2) is 0 Å². The molecule has 0 aliphatic rings. The zero-order chi connectivity index (χ0) is 12.4. The molecule has 0 saturated carbocycles. The van der Waals surface area contributed by atoms with E-state index in [9.17, 15) is 13.2 Å². The molecule has 1 aromatic rings. The summed E-state index contributed by atoms with van der Waals surface area (Å²) in [5.74, 6) is 0.105. The van der Waals surface area contributed by atoms with Crippen LogP contribution in [0.15, 0.2) is 12.1 Å². The van der Waals surface area contributed by atoms with Gasteiger partial charge < -0.3 is 10.4 Å². The second kappa shape index (κ2) is 4.42. The summed E-state index contributed by atoms with van der Waals surface area (Å²) in [4.78, 5) is 0. The Kier molecular flexibility index (Phi) is 3.59. The van der Waals surface area contributed by atoms with Crippen LogP contribution in [0.25, 0.3) is 0 Å². The highest BCUT2D eigenvalue weighted by Gasteiger charge is 2.49. The van der Waals surface area contributed by atoms with E-state index in [1.165, 1.54) is 12.1 Å². The van der Waals surface area contributed by atoms with Gasteiger partial charge in [0, 0.05) is 0 Å². The van der Waals surface area contributed by atoms with Crippen molar-refractivity contribution in [1.29, 1.82) is 0 Å². The Morgan fingerprint density at radius 1 is 1.38 bits per heavy atom. The Bertz CT molecular complexity index is 353. The molecule has 0 aromatic carbocycles. The van der Waals surface area contributed by atoms with Crippen molar-refractivity contribution in [2.75, 3.05) is 11.9 Å². The molecule has 8 heteroatoms. The molecule has 1 heterocycles. The van der Waals surface area contributed by atoms with Gasteiger partial charge in [0.1, 0.15) is 5.82 Å². The monoisotopic (exact) mass is 255 g/mol. The lowest BCUT2D eigenvalue weighted by molar-refractivity contribution is -0.246. The average molecular weight is 256 g/mol. The maximum Gasteiger partial charge on any atom is 0.418 e. The number of alkyl halides is 3. The molecule has 1 aromatic heterocycles. The Balaban J connectivity index is 2.61. The minimum Gasteiger partial charge on any atom is -0.379 e. The summed E-state index contributed by atoms with van der Waals surface area (Å²) in [5.41, 5.74) is -2.83. The van der Waals surface area contributed by atoms with E-state index >= 15 is 0 Å². The summed E-state index contributed by atoms with van der Waals surface area (Å²) in [6.07, 6.45) is -4.71. The van der Waals surface area contributed by atoms with E-state index in [0.29, 0.717) is 6.92 Å². The molecule has 1 rings (SSSR count). The normalized spacial score (nSPS) is 15.6. The smallest absolute Gasteiger partial charge is 0.379 e. The number of halogens is 4. The Labute approximate surface area is 94.4 Å². The van der Waals surface area contributed by atoms with Crippen molar-refractivity contribution in [1.82, 2.24) is 10.2 Å². The lowest BCUT2D eigenvalue weighted by Crippen LogP contribution is -2.47. The molecule has 90 valence electrons. The van der Waals surface area contributed by atoms with Gasteiger partial charge in [0.25, 0.3) is 0 Å². The highest BCUT2D eigenvalue weighted by atomic mass is 35.5. The maximum absolute atomic E-state index is 12.3. The van der Waals surface area contributed by atoms with Gasteiger partial charge in [0.2, 0.25) is 0 Å². The van der Waals surface area contributed by atoms with Crippen molar-refractivity contribution in [2.45, 2.75) is 18.7 Å². The summed E-state index contributed by atoms with van der Waals surface area (Å²) >= 11 is 5.44. The molecule has 0 amide bonds. The van der Waals surface area contributed by atoms with Crippen molar-refractivity contribution >= 4 is 17.4 Å². The van der Waals surface area contributed by atoms with E-state index in [-0.39, 0.29) is 11.0 Å². The van der Waals surface area contributed by atoms with Gasteiger partial charge in [-0.2, -0.15) is 13.2 Å². The SMILES string of the molecule is CC(O)(CNc1ccc(Cl)nn1)C(F)(F)F. The number of aromatic nitrogens is 2. The fourth-order valence-electron chi connectivity index (χ4n) is 0.773. The zero-order valence-electron chi connectivity index (χ0n) is 8.22. The first-order valence-corrected chi connectivity index (χ1v) is 4.62. The number of hydrogen-bond acceptors (Lipinski definition) is 4. The van der Waals surface area contributed by atoms with Crippen LogP contribution in [0.5, 0.6) is 0 Å². The standard InChI is InChI=1S/C8H9ClF3N3O/c1-7(16,8(10,11)12)4-13-6-3-2-5(9)14-15-6/h2-3,16H,4H2,1H3,(H,13,15). The van der Waals surface area contributed by atoms with E-state index < -0.39 is 18.3 Å². The first-order chi connectivity index (χ1) is 7.22. The van der Waals surface area contributed by atoms with Crippen molar-refractivity contribution in [3.05, 3.63) is 17.3 Å². The summed E-state index contributed by atoms with van der Waals surface area (Å²) in [6, 6.07) is 2.74. The number of anilines is 1. The lowest BCUT2D eigenvalue weighted by atomic mass is 10.1. The minimum absolute atomic E-state index is 0.105. The third-order valence-electron chi connectivity index (χ3n) is 1.86. The topological polar surface area (TPSA) is 58.0 Å². The van der Waals surface area contributed by atoms with E-state index in [1.807, 2.05) is 0 Å². The molecule has 1 atom stereocenters. The van der Waals surface area contributed by atoms with Gasteiger partial charge >= 0.3 is 6.18 Å². The zero-order valence-corrected chi connectivity index (χ0v) is 8.97. The first kappa shape index (κ1) is 13.0. The highest BCUT2D eigenvalue weighted by Crippen LogP contribution is 2.29. The molecule has 2 N–H and O–H groups in total. The maximum atomic E-state index is 12.3. The van der Waals surface area contributed by atoms with Crippen LogP contribution >= 0.6 is 11.6 Å². The van der Waals surface area contributed by atoms with E-state index in [1.54, 1.807) is 0 Å². The van der Waals surface area contributed by atoms with Gasteiger partial charge in [-0.3, -0.25) is 0 Å². The fourth-order valence-corrected chi connectivity index (χ4v) is 0.874. The summed E-state index contributed by atoms with van der Waals surface area (Å²) in [5, 5.41) is 18.5. The fraction of sp³-hybridized carbons (Fsp3) is 0.500. The van der Waals surface area contributed by atoms with Crippen molar-refractivity contribution in [2.24, 2.45) is 0 Å². The first-order valence-electron chi connectivity index (χ1n) is 4.24. The molecule has 0 fully saturated rings. The van der Waals surface area contributed by atoms with Crippen LogP contribution in [-0.4, -0.2) is 33.6 Å². The molecule has 16 heavy (non-hydrogen) atoms. The summed E-state index contributed by atoms with van der Waals surface area (Å²) in [6.45, 7) is -0.0455. The molecule has 0 aliphatic heterocycles. The Morgan fingerprint density at radius 2 is 2.00 bits per heavy atom. The third kappa shape index (κ3) is 3.21. The molecule has 0 bridgehead atoms. The van der Waals surface area contributed by atoms with Crippen LogP contribution < -0.4 is 5.32 Å². The average Bonchev–Trinajstić information content (AvgIpc) is 2.15. The van der Waals surface area contributed by atoms with Gasteiger partial charge in [-0.1, -0.05) is 11.6 Å². The van der Waals surface area contributed by atoms with Gasteiger partial charge in [-0.15, -0.1) is 10.2 Å². The molecular formula is C8H9ClF3N3O. The summed E-state index contributed by atoms with van der Waals surface area (Å²) in [7, 11) is 0. The van der Waals surface area contributed by atoms with Crippen LogP contribution in [0.2, 0.25) is 5.15 Å². The molecule has 4 nitrogen and oxygen atoms in total. The minimum atomic E-state index is -4.71. The number of rotatable bonds is 3. The van der Waals surface area contributed by atoms with Crippen LogP contribution in [-0.2, 0) is 0 Å². The van der Waals surface area contributed by atoms with E-state index in [0.717, 1.165) is 0 Å². The van der Waals surface area contributed by atoms with Crippen LogP contribution in [0.4, 0.5) is 19.0 Å². The molecule has 0 saturated heterocycles. The molecule has 0 radical (unpaired) electrons. The van der Waals surface area contributed by atoms with E-state index in [4.69, 9.17) is 16.7 Å². The molecule has 0 aliphatic carbocycles. The van der Waals surface area contributed by atoms with Crippen LogP contribution in [0, 0.1) is 0 Å². The van der Waals surface area contributed by atoms with Crippen molar-refractivity contribution in [3.8, 4) is 0 Å². The second-order valence-corrected chi connectivity index (χ2v) is 3.75. The van der Waals surface area contributed by atoms with Crippen LogP contribution in [0.3, 0.4) is 0 Å². The number of hydrogen-bond donors (Lipinski definition) is 2. The summed E-state index contributed by atoms with van der Waals surface area (Å²) < 4.78 is 36.8. The highest BCUT2D eigenvalue weighted by molar-refractivity contribution is 6.29. The Hall–Kier alpha value is -1.08. The number of nitrogens with one attached hydrogen (secondary N) is 1. The number of nitrogens with zero attached hydrogens (tertiary/aromatic N) is 2. The van der Waals surface area contributed by atoms with E-state index in [2.05, 4.69) is 15.5 Å². The number of aliphatic hydroxyl groups is 1. The quantitative estimate of drug-likeness (QED) is 0.866. The van der Waals surface area contributed by atoms with Crippen molar-refractivity contribution in [3.63, 3.8) is 0 Å². The predicted molar refractivity (Wildman–Crippen MR) is 52.2 cm³/mol. The predicted octanol–water partition coefficient (Wildman–Crippen LogP) is 1.86. The molecular weight excluding hydrogens is 247 g/mol. The van der Waals surface area contributed by atoms with Crippen molar-refractivity contribution < 1.29 is 18.3 Å². The van der Waals surface area contributed by atoms with Crippen LogP contribution in [0.1, 0.15) is 6.92 Å². The Morgan fingerprint density at radius 3 is 2.44 bits per heavy atom. The second-order valence-electron chi connectivity index (χ2n) is 3.37. The van der Waals surface area contributed by atoms with Gasteiger partial charge in [0.05, 0.1) is 6.54 Å². The third-order valence-corrected chi connectivity index (χ3v) is 2.06.